The molecule has 0 aliphatic carbocycles. The first-order valence-electron chi connectivity index (χ1n) is 3.87. The topological polar surface area (TPSA) is 3.24 Å². The number of hydrogen-bond acceptors (Lipinski definition) is 1. The van der Waals surface area contributed by atoms with Crippen LogP contribution in [0.3, 0.4) is 0 Å². The summed E-state index contributed by atoms with van der Waals surface area (Å²) in [4.78, 5) is 0. The molecule has 66 valence electrons. The number of nitrogens with zero attached hydrogens (tertiary/aromatic N) is 1. The van der Waals surface area contributed by atoms with Crippen molar-refractivity contribution in [1.82, 2.24) is 4.42 Å². The molecule has 0 heterocycles. The molecule has 0 fully saturated rings. The van der Waals surface area contributed by atoms with Gasteiger partial charge in [0.1, 0.15) is 0 Å². The van der Waals surface area contributed by atoms with Crippen LogP contribution in [0.15, 0.2) is 28.7 Å². The van der Waals surface area contributed by atoms with E-state index in [1.165, 1.54) is 5.56 Å². The summed E-state index contributed by atoms with van der Waals surface area (Å²) in [5.41, 5.74) is 1.22. The van der Waals surface area contributed by atoms with Crippen LogP contribution in [0.2, 0.25) is 0 Å². The summed E-state index contributed by atoms with van der Waals surface area (Å²) < 4.78 is 2.85. The molecule has 1 aromatic rings. The second kappa shape index (κ2) is 4.85. The number of rotatable bonds is 3. The van der Waals surface area contributed by atoms with E-state index in [0.29, 0.717) is 0 Å². The van der Waals surface area contributed by atoms with E-state index in [1.807, 2.05) is 19.1 Å². The van der Waals surface area contributed by atoms with Crippen molar-refractivity contribution in [3.8, 4) is 0 Å². The molecule has 0 aromatic heterocycles. The standard InChI is InChI=1S/C9H11BrClN/c1-2-12(11)7-8-4-3-5-9(10)6-8/h3-6H,2,7H2,1H3. The summed E-state index contributed by atoms with van der Waals surface area (Å²) in [6, 6.07) is 8.16. The Morgan fingerprint density at radius 3 is 2.83 bits per heavy atom. The van der Waals surface area contributed by atoms with Gasteiger partial charge in [-0.05, 0) is 29.5 Å². The maximum absolute atomic E-state index is 5.87. The molecule has 0 aliphatic heterocycles. The lowest BCUT2D eigenvalue weighted by Crippen LogP contribution is -2.10. The second-order valence-electron chi connectivity index (χ2n) is 2.57. The van der Waals surface area contributed by atoms with Crippen molar-refractivity contribution < 1.29 is 0 Å². The van der Waals surface area contributed by atoms with Crippen molar-refractivity contribution in [1.29, 1.82) is 0 Å². The molecule has 0 saturated carbocycles. The molecule has 0 amide bonds. The fourth-order valence-corrected chi connectivity index (χ4v) is 1.53. The van der Waals surface area contributed by atoms with Gasteiger partial charge in [-0.2, -0.15) is 0 Å². The number of halogens is 2. The largest absolute Gasteiger partial charge is 0.216 e. The van der Waals surface area contributed by atoms with E-state index < -0.39 is 0 Å². The molecule has 0 atom stereocenters. The first-order chi connectivity index (χ1) is 5.72. The minimum atomic E-state index is 0.789. The third-order valence-corrected chi connectivity index (χ3v) is 2.44. The van der Waals surface area contributed by atoms with Gasteiger partial charge in [0.05, 0.1) is 0 Å². The molecular formula is C9H11BrClN. The van der Waals surface area contributed by atoms with Gasteiger partial charge in [-0.3, -0.25) is 0 Å². The zero-order valence-corrected chi connectivity index (χ0v) is 9.27. The lowest BCUT2D eigenvalue weighted by atomic mass is 10.2. The molecule has 0 spiro atoms. The quantitative estimate of drug-likeness (QED) is 0.741. The van der Waals surface area contributed by atoms with E-state index >= 15 is 0 Å². The first kappa shape index (κ1) is 10.0. The molecule has 0 aliphatic rings. The second-order valence-corrected chi connectivity index (χ2v) is 3.96. The number of hydrogen-bond donors (Lipinski definition) is 0. The van der Waals surface area contributed by atoms with Crippen molar-refractivity contribution >= 4 is 27.7 Å². The zero-order chi connectivity index (χ0) is 8.97. The fourth-order valence-electron chi connectivity index (χ4n) is 0.945. The lowest BCUT2D eigenvalue weighted by molar-refractivity contribution is 0.475. The summed E-state index contributed by atoms with van der Waals surface area (Å²) in [5.74, 6) is 0. The SMILES string of the molecule is CCN(Cl)Cc1cccc(Br)c1. The zero-order valence-electron chi connectivity index (χ0n) is 6.93. The molecule has 0 N–H and O–H groups in total. The van der Waals surface area contributed by atoms with Crippen LogP contribution >= 0.6 is 27.7 Å². The molecule has 0 bridgehead atoms. The van der Waals surface area contributed by atoms with Gasteiger partial charge in [-0.25, -0.2) is 4.42 Å². The molecule has 12 heavy (non-hydrogen) atoms. The van der Waals surface area contributed by atoms with E-state index in [9.17, 15) is 0 Å². The van der Waals surface area contributed by atoms with Crippen LogP contribution in [-0.2, 0) is 6.54 Å². The van der Waals surface area contributed by atoms with Gasteiger partial charge in [-0.15, -0.1) is 0 Å². The molecule has 0 unspecified atom stereocenters. The molecule has 1 aromatic carbocycles. The minimum Gasteiger partial charge on any atom is -0.216 e. The predicted molar refractivity (Wildman–Crippen MR) is 56.1 cm³/mol. The van der Waals surface area contributed by atoms with Crippen LogP contribution in [0.5, 0.6) is 0 Å². The van der Waals surface area contributed by atoms with Crippen LogP contribution in [0, 0.1) is 0 Å². The van der Waals surface area contributed by atoms with Crippen molar-refractivity contribution in [3.63, 3.8) is 0 Å². The molecule has 0 radical (unpaired) electrons. The van der Waals surface area contributed by atoms with Crippen LogP contribution in [-0.4, -0.2) is 11.0 Å². The van der Waals surface area contributed by atoms with Gasteiger partial charge < -0.3 is 0 Å². The summed E-state index contributed by atoms with van der Waals surface area (Å²) in [6.07, 6.45) is 0. The smallest absolute Gasteiger partial charge is 0.0390 e. The van der Waals surface area contributed by atoms with Gasteiger partial charge in [0.15, 0.2) is 0 Å². The van der Waals surface area contributed by atoms with Gasteiger partial charge in [0.25, 0.3) is 0 Å². The van der Waals surface area contributed by atoms with E-state index in [-0.39, 0.29) is 0 Å². The molecular weight excluding hydrogens is 237 g/mol. The van der Waals surface area contributed by atoms with Crippen LogP contribution in [0.25, 0.3) is 0 Å². The Hall–Kier alpha value is -0.0500. The highest BCUT2D eigenvalue weighted by Gasteiger charge is 1.99. The van der Waals surface area contributed by atoms with E-state index in [0.717, 1.165) is 17.6 Å². The molecule has 1 nitrogen and oxygen atoms in total. The molecule has 1 rings (SSSR count). The molecule has 3 heteroatoms. The third kappa shape index (κ3) is 3.13. The van der Waals surface area contributed by atoms with Crippen LogP contribution in [0.4, 0.5) is 0 Å². The van der Waals surface area contributed by atoms with Crippen molar-refractivity contribution in [3.05, 3.63) is 34.3 Å². The van der Waals surface area contributed by atoms with E-state index in [4.69, 9.17) is 11.8 Å². The highest BCUT2D eigenvalue weighted by molar-refractivity contribution is 9.10. The van der Waals surface area contributed by atoms with Gasteiger partial charge in [0, 0.05) is 17.6 Å². The Kier molecular flexibility index (Phi) is 4.06. The Morgan fingerprint density at radius 2 is 2.25 bits per heavy atom. The van der Waals surface area contributed by atoms with Crippen LogP contribution in [0.1, 0.15) is 12.5 Å². The summed E-state index contributed by atoms with van der Waals surface area (Å²) in [6.45, 7) is 3.68. The highest BCUT2D eigenvalue weighted by Crippen LogP contribution is 2.13. The van der Waals surface area contributed by atoms with Crippen molar-refractivity contribution in [2.45, 2.75) is 13.5 Å². The first-order valence-corrected chi connectivity index (χ1v) is 5.00. The number of benzene rings is 1. The Balaban J connectivity index is 2.63. The van der Waals surface area contributed by atoms with Crippen LogP contribution < -0.4 is 0 Å². The Labute approximate surface area is 86.6 Å². The Morgan fingerprint density at radius 1 is 1.50 bits per heavy atom. The summed E-state index contributed by atoms with van der Waals surface area (Å²) >= 11 is 9.28. The predicted octanol–water partition coefficient (Wildman–Crippen LogP) is 3.42. The van der Waals surface area contributed by atoms with Crippen molar-refractivity contribution in [2.75, 3.05) is 6.54 Å². The van der Waals surface area contributed by atoms with E-state index in [2.05, 4.69) is 28.1 Å². The molecule has 0 saturated heterocycles. The van der Waals surface area contributed by atoms with Gasteiger partial charge >= 0.3 is 0 Å². The maximum Gasteiger partial charge on any atom is 0.0390 e. The lowest BCUT2D eigenvalue weighted by Gasteiger charge is -2.10. The highest BCUT2D eigenvalue weighted by atomic mass is 79.9. The monoisotopic (exact) mass is 247 g/mol. The summed E-state index contributed by atoms with van der Waals surface area (Å²) in [5, 5.41) is 0. The minimum absolute atomic E-state index is 0.789. The van der Waals surface area contributed by atoms with Gasteiger partial charge in [-0.1, -0.05) is 35.0 Å². The third-order valence-electron chi connectivity index (χ3n) is 1.59. The summed E-state index contributed by atoms with van der Waals surface area (Å²) in [7, 11) is 0. The van der Waals surface area contributed by atoms with Gasteiger partial charge in [0.2, 0.25) is 0 Å². The maximum atomic E-state index is 5.87. The van der Waals surface area contributed by atoms with E-state index in [1.54, 1.807) is 4.42 Å². The average molecular weight is 249 g/mol. The fraction of sp³-hybridized carbons (Fsp3) is 0.333. The average Bonchev–Trinajstić information content (AvgIpc) is 2.04. The normalized spacial score (nSPS) is 10.7. The Bertz CT molecular complexity index is 252. The van der Waals surface area contributed by atoms with Crippen molar-refractivity contribution in [2.24, 2.45) is 0 Å².